The highest BCUT2D eigenvalue weighted by Gasteiger charge is 2.26. The van der Waals surface area contributed by atoms with Crippen molar-refractivity contribution in [1.29, 1.82) is 0 Å². The van der Waals surface area contributed by atoms with Gasteiger partial charge in [-0.1, -0.05) is 25.8 Å². The summed E-state index contributed by atoms with van der Waals surface area (Å²) in [6.07, 6.45) is 2.26. The molecule has 1 saturated carbocycles. The largest absolute Gasteiger partial charge is 0.389 e. The summed E-state index contributed by atoms with van der Waals surface area (Å²) >= 11 is 0. The van der Waals surface area contributed by atoms with Crippen molar-refractivity contribution in [1.82, 2.24) is 20.2 Å². The highest BCUT2D eigenvalue weighted by Crippen LogP contribution is 2.31. The van der Waals surface area contributed by atoms with Gasteiger partial charge in [-0.2, -0.15) is 18.0 Å². The van der Waals surface area contributed by atoms with Gasteiger partial charge in [0.05, 0.1) is 6.54 Å². The van der Waals surface area contributed by atoms with Gasteiger partial charge in [0.2, 0.25) is 11.7 Å². The van der Waals surface area contributed by atoms with Crippen LogP contribution < -0.4 is 10.6 Å². The number of aromatic nitrogens is 4. The molecule has 1 aromatic heterocycles. The van der Waals surface area contributed by atoms with Crippen LogP contribution in [-0.4, -0.2) is 38.3 Å². The molecule has 0 aliphatic heterocycles. The Kier molecular flexibility index (Phi) is 7.64. The lowest BCUT2D eigenvalue weighted by Crippen LogP contribution is -2.22. The number of rotatable bonds is 9. The lowest BCUT2D eigenvalue weighted by molar-refractivity contribution is -0.135. The Bertz CT molecular complexity index is 889. The number of halogens is 3. The van der Waals surface area contributed by atoms with E-state index in [4.69, 9.17) is 0 Å². The fourth-order valence-electron chi connectivity index (χ4n) is 3.62. The third kappa shape index (κ3) is 7.08. The molecule has 2 aromatic rings. The van der Waals surface area contributed by atoms with Crippen molar-refractivity contribution >= 4 is 17.3 Å². The number of alkyl halides is 3. The summed E-state index contributed by atoms with van der Waals surface area (Å²) < 4.78 is 36.9. The van der Waals surface area contributed by atoms with Crippen LogP contribution in [0.15, 0.2) is 30.9 Å². The summed E-state index contributed by atoms with van der Waals surface area (Å²) in [7, 11) is 0. The molecule has 1 aliphatic carbocycles. The number of hydrogen-bond donors (Lipinski definition) is 2. The molecule has 0 bridgehead atoms. The van der Waals surface area contributed by atoms with E-state index >= 15 is 0 Å². The van der Waals surface area contributed by atoms with Gasteiger partial charge in [0.25, 0.3) is 0 Å². The second-order valence-corrected chi connectivity index (χ2v) is 7.71. The van der Waals surface area contributed by atoms with Crippen LogP contribution in [0, 0.1) is 0 Å². The number of amides is 1. The van der Waals surface area contributed by atoms with E-state index in [1.165, 1.54) is 30.1 Å². The minimum absolute atomic E-state index is 0.0118. The molecule has 0 atom stereocenters. The fourth-order valence-corrected chi connectivity index (χ4v) is 3.62. The van der Waals surface area contributed by atoms with E-state index in [9.17, 15) is 18.0 Å². The third-order valence-corrected chi connectivity index (χ3v) is 5.20. The van der Waals surface area contributed by atoms with Crippen LogP contribution in [0.3, 0.4) is 0 Å². The lowest BCUT2D eigenvalue weighted by Gasteiger charge is -2.25. The molecule has 0 unspecified atom stereocenters. The maximum atomic E-state index is 12.3. The van der Waals surface area contributed by atoms with E-state index in [1.807, 2.05) is 6.07 Å². The molecule has 1 amide bonds. The fraction of sp³-hybridized carbons (Fsp3) is 0.524. The molecule has 0 spiro atoms. The first-order valence-electron chi connectivity index (χ1n) is 10.5. The van der Waals surface area contributed by atoms with Gasteiger partial charge in [0.15, 0.2) is 0 Å². The maximum Gasteiger partial charge on any atom is 0.389 e. The molecule has 2 N–H and O–H groups in total. The number of nitrogens with zero attached hydrogens (tertiary/aromatic N) is 4. The van der Waals surface area contributed by atoms with E-state index in [2.05, 4.69) is 32.6 Å². The molecule has 3 rings (SSSR count). The number of benzene rings is 1. The highest BCUT2D eigenvalue weighted by atomic mass is 19.4. The smallest absolute Gasteiger partial charge is 0.382 e. The zero-order chi connectivity index (χ0) is 22.3. The number of carbonyl (C=O) groups excluding carboxylic acids is 1. The Morgan fingerprint density at radius 2 is 2.00 bits per heavy atom. The van der Waals surface area contributed by atoms with Crippen molar-refractivity contribution < 1.29 is 18.0 Å². The molecule has 10 heteroatoms. The van der Waals surface area contributed by atoms with Gasteiger partial charge < -0.3 is 10.6 Å². The minimum Gasteiger partial charge on any atom is -0.382 e. The van der Waals surface area contributed by atoms with Gasteiger partial charge in [-0.05, 0) is 55.2 Å². The van der Waals surface area contributed by atoms with Gasteiger partial charge in [-0.25, -0.2) is 0 Å². The second kappa shape index (κ2) is 10.4. The molecule has 31 heavy (non-hydrogen) atoms. The van der Waals surface area contributed by atoms with Crippen molar-refractivity contribution in [2.24, 2.45) is 0 Å². The van der Waals surface area contributed by atoms with Crippen molar-refractivity contribution in [2.45, 2.75) is 70.1 Å². The summed E-state index contributed by atoms with van der Waals surface area (Å²) in [5, 5.41) is 18.7. The average molecular weight is 436 g/mol. The van der Waals surface area contributed by atoms with Crippen molar-refractivity contribution in [3.05, 3.63) is 30.9 Å². The maximum absolute atomic E-state index is 12.3. The SMILES string of the molecule is C=CC(=O)Nc1ccc(NC2CCCCC2)c(-c2nnn(CCCCC(F)(F)F)n2)c1. The van der Waals surface area contributed by atoms with E-state index < -0.39 is 12.6 Å². The predicted octanol–water partition coefficient (Wildman–Crippen LogP) is 4.94. The van der Waals surface area contributed by atoms with Crippen LogP contribution in [0.25, 0.3) is 11.4 Å². The molecular formula is C21H27F3N6O. The molecule has 1 fully saturated rings. The minimum atomic E-state index is -4.16. The van der Waals surface area contributed by atoms with Gasteiger partial charge in [0.1, 0.15) is 0 Å². The van der Waals surface area contributed by atoms with Crippen molar-refractivity contribution in [2.75, 3.05) is 10.6 Å². The van der Waals surface area contributed by atoms with Crippen LogP contribution in [0.1, 0.15) is 51.4 Å². The number of hydrogen-bond acceptors (Lipinski definition) is 5. The lowest BCUT2D eigenvalue weighted by atomic mass is 9.95. The van der Waals surface area contributed by atoms with E-state index in [-0.39, 0.29) is 18.9 Å². The van der Waals surface area contributed by atoms with Crippen LogP contribution >= 0.6 is 0 Å². The summed E-state index contributed by atoms with van der Waals surface area (Å²) in [4.78, 5) is 13.0. The predicted molar refractivity (Wildman–Crippen MR) is 112 cm³/mol. The highest BCUT2D eigenvalue weighted by molar-refractivity contribution is 5.99. The molecule has 1 aliphatic rings. The first-order valence-corrected chi connectivity index (χ1v) is 10.5. The topological polar surface area (TPSA) is 84.7 Å². The van der Waals surface area contributed by atoms with E-state index in [0.29, 0.717) is 29.5 Å². The molecular weight excluding hydrogens is 409 g/mol. The van der Waals surface area contributed by atoms with Crippen molar-refractivity contribution in [3.8, 4) is 11.4 Å². The summed E-state index contributed by atoms with van der Waals surface area (Å²) in [5.74, 6) is 0.0176. The number of nitrogens with one attached hydrogen (secondary N) is 2. The van der Waals surface area contributed by atoms with Gasteiger partial charge >= 0.3 is 6.18 Å². The quantitative estimate of drug-likeness (QED) is 0.430. The standard InChI is InChI=1S/C21H27F3N6O/c1-2-19(31)26-16-10-11-18(25-15-8-4-3-5-9-15)17(14-16)20-27-29-30(28-20)13-7-6-12-21(22,23)24/h2,10-11,14-15,25H,1,3-9,12-13H2,(H,26,31). The van der Waals surface area contributed by atoms with Gasteiger partial charge in [-0.3, -0.25) is 4.79 Å². The Hall–Kier alpha value is -2.91. The van der Waals surface area contributed by atoms with Gasteiger partial charge in [0, 0.05) is 29.4 Å². The Morgan fingerprint density at radius 3 is 2.71 bits per heavy atom. The zero-order valence-corrected chi connectivity index (χ0v) is 17.3. The van der Waals surface area contributed by atoms with Crippen LogP contribution in [0.2, 0.25) is 0 Å². The Balaban J connectivity index is 1.76. The Morgan fingerprint density at radius 1 is 1.23 bits per heavy atom. The first kappa shape index (κ1) is 22.8. The average Bonchev–Trinajstić information content (AvgIpc) is 3.21. The second-order valence-electron chi connectivity index (χ2n) is 7.71. The van der Waals surface area contributed by atoms with E-state index in [1.54, 1.807) is 12.1 Å². The third-order valence-electron chi connectivity index (χ3n) is 5.20. The van der Waals surface area contributed by atoms with Crippen LogP contribution in [0.5, 0.6) is 0 Å². The number of anilines is 2. The molecule has 1 heterocycles. The van der Waals surface area contributed by atoms with Crippen LogP contribution in [0.4, 0.5) is 24.5 Å². The van der Waals surface area contributed by atoms with E-state index in [0.717, 1.165) is 18.5 Å². The molecule has 168 valence electrons. The monoisotopic (exact) mass is 436 g/mol. The molecule has 7 nitrogen and oxygen atoms in total. The summed E-state index contributed by atoms with van der Waals surface area (Å²) in [6.45, 7) is 3.70. The number of unbranched alkanes of at least 4 members (excludes halogenated alkanes) is 1. The molecule has 1 aromatic carbocycles. The van der Waals surface area contributed by atoms with Crippen LogP contribution in [-0.2, 0) is 11.3 Å². The molecule has 0 radical (unpaired) electrons. The zero-order valence-electron chi connectivity index (χ0n) is 17.3. The Labute approximate surface area is 179 Å². The number of tetrazole rings is 1. The number of aryl methyl sites for hydroxylation is 1. The van der Waals surface area contributed by atoms with Crippen molar-refractivity contribution in [3.63, 3.8) is 0 Å². The van der Waals surface area contributed by atoms with Gasteiger partial charge in [-0.15, -0.1) is 10.2 Å². The summed E-state index contributed by atoms with van der Waals surface area (Å²) in [6, 6.07) is 5.76. The summed E-state index contributed by atoms with van der Waals surface area (Å²) in [5.41, 5.74) is 2.07. The normalized spacial score (nSPS) is 14.9. The molecule has 0 saturated heterocycles. The number of carbonyl (C=O) groups is 1. The first-order chi connectivity index (χ1) is 14.8.